The van der Waals surface area contributed by atoms with E-state index in [1.54, 1.807) is 13.3 Å². The van der Waals surface area contributed by atoms with Crippen LogP contribution in [0.15, 0.2) is 55.0 Å². The fourth-order valence-corrected chi connectivity index (χ4v) is 3.14. The van der Waals surface area contributed by atoms with Crippen molar-refractivity contribution in [2.24, 2.45) is 0 Å². The largest absolute Gasteiger partial charge is 0.497 e. The molecule has 0 atom stereocenters. The van der Waals surface area contributed by atoms with E-state index >= 15 is 0 Å². The van der Waals surface area contributed by atoms with Crippen molar-refractivity contribution in [2.45, 2.75) is 26.3 Å². The van der Waals surface area contributed by atoms with E-state index in [0.717, 1.165) is 29.9 Å². The second-order valence-corrected chi connectivity index (χ2v) is 7.18. The fourth-order valence-electron chi connectivity index (χ4n) is 3.14. The molecule has 0 unspecified atom stereocenters. The Balaban J connectivity index is 1.58. The van der Waals surface area contributed by atoms with Crippen LogP contribution in [0.2, 0.25) is 0 Å². The number of nitrogens with one attached hydrogen (secondary N) is 2. The molecule has 0 aliphatic rings. The summed E-state index contributed by atoms with van der Waals surface area (Å²) in [4.78, 5) is 18.2. The van der Waals surface area contributed by atoms with Crippen molar-refractivity contribution in [2.75, 3.05) is 24.3 Å². The molecule has 4 aromatic rings. The molecule has 0 saturated heterocycles. The fraction of sp³-hybridized carbons (Fsp3) is 0.273. The number of ether oxygens (including phenoxy) is 1. The van der Waals surface area contributed by atoms with Gasteiger partial charge in [0.2, 0.25) is 5.95 Å². The zero-order valence-electron chi connectivity index (χ0n) is 17.3. The van der Waals surface area contributed by atoms with E-state index in [-0.39, 0.29) is 6.04 Å². The van der Waals surface area contributed by atoms with Gasteiger partial charge in [0.05, 0.1) is 13.4 Å². The maximum absolute atomic E-state index is 5.22. The number of aromatic nitrogens is 5. The van der Waals surface area contributed by atoms with E-state index in [1.807, 2.05) is 41.2 Å². The molecule has 0 aliphatic heterocycles. The second-order valence-electron chi connectivity index (χ2n) is 7.18. The highest BCUT2D eigenvalue weighted by Crippen LogP contribution is 2.24. The highest BCUT2D eigenvalue weighted by molar-refractivity contribution is 5.84. The Morgan fingerprint density at radius 3 is 2.57 bits per heavy atom. The van der Waals surface area contributed by atoms with Crippen LogP contribution in [-0.2, 0) is 6.42 Å². The van der Waals surface area contributed by atoms with Gasteiger partial charge in [-0.3, -0.25) is 0 Å². The van der Waals surface area contributed by atoms with E-state index in [2.05, 4.69) is 56.5 Å². The minimum absolute atomic E-state index is 0.236. The summed E-state index contributed by atoms with van der Waals surface area (Å²) < 4.78 is 7.26. The lowest BCUT2D eigenvalue weighted by Gasteiger charge is -2.12. The smallest absolute Gasteiger partial charge is 0.232 e. The van der Waals surface area contributed by atoms with Gasteiger partial charge in [-0.1, -0.05) is 18.2 Å². The Morgan fingerprint density at radius 1 is 1.03 bits per heavy atom. The van der Waals surface area contributed by atoms with Crippen molar-refractivity contribution in [1.29, 1.82) is 0 Å². The molecule has 0 amide bonds. The molecule has 0 radical (unpaired) electrons. The molecular formula is C22H25N7O. The number of imidazole rings is 1. The average molecular weight is 403 g/mol. The number of anilines is 3. The van der Waals surface area contributed by atoms with Crippen molar-refractivity contribution >= 4 is 28.7 Å². The lowest BCUT2D eigenvalue weighted by molar-refractivity contribution is 0.414. The second kappa shape index (κ2) is 8.77. The summed E-state index contributed by atoms with van der Waals surface area (Å²) >= 11 is 0. The Bertz CT molecular complexity index is 1110. The molecule has 0 bridgehead atoms. The number of hydrogen-bond donors (Lipinski definition) is 2. The molecule has 0 spiro atoms. The van der Waals surface area contributed by atoms with Gasteiger partial charge in [0, 0.05) is 18.8 Å². The zero-order valence-corrected chi connectivity index (χ0v) is 17.3. The number of benzene rings is 1. The van der Waals surface area contributed by atoms with Crippen molar-refractivity contribution in [3.63, 3.8) is 0 Å². The molecule has 0 fully saturated rings. The van der Waals surface area contributed by atoms with Crippen LogP contribution in [0.1, 0.15) is 25.5 Å². The number of hydrogen-bond acceptors (Lipinski definition) is 7. The first-order valence-corrected chi connectivity index (χ1v) is 9.93. The maximum Gasteiger partial charge on any atom is 0.232 e. The zero-order chi connectivity index (χ0) is 20.9. The average Bonchev–Trinajstić information content (AvgIpc) is 3.19. The van der Waals surface area contributed by atoms with Crippen LogP contribution in [-0.4, -0.2) is 38.2 Å². The molecule has 3 heterocycles. The van der Waals surface area contributed by atoms with Crippen LogP contribution >= 0.6 is 0 Å². The molecular weight excluding hydrogens is 378 g/mol. The predicted molar refractivity (Wildman–Crippen MR) is 118 cm³/mol. The van der Waals surface area contributed by atoms with Gasteiger partial charge >= 0.3 is 0 Å². The van der Waals surface area contributed by atoms with E-state index in [1.165, 1.54) is 5.56 Å². The summed E-state index contributed by atoms with van der Waals surface area (Å²) in [5.74, 6) is 2.73. The van der Waals surface area contributed by atoms with Gasteiger partial charge in [-0.2, -0.15) is 9.97 Å². The van der Waals surface area contributed by atoms with Crippen molar-refractivity contribution in [3.8, 4) is 5.75 Å². The SMILES string of the molecule is COc1ccc(CCNc2nc(Nc3ccccn3)nc3c2ncn3C(C)C)cc1. The van der Waals surface area contributed by atoms with Gasteiger partial charge in [0.15, 0.2) is 17.0 Å². The number of fused-ring (bicyclic) bond motifs is 1. The molecule has 4 rings (SSSR count). The Morgan fingerprint density at radius 2 is 1.87 bits per heavy atom. The topological polar surface area (TPSA) is 89.8 Å². The first kappa shape index (κ1) is 19.6. The first-order valence-electron chi connectivity index (χ1n) is 9.93. The van der Waals surface area contributed by atoms with Crippen molar-refractivity contribution in [3.05, 3.63) is 60.6 Å². The number of nitrogens with zero attached hydrogens (tertiary/aromatic N) is 5. The summed E-state index contributed by atoms with van der Waals surface area (Å²) in [7, 11) is 1.67. The number of methoxy groups -OCH3 is 1. The van der Waals surface area contributed by atoms with Crippen LogP contribution < -0.4 is 15.4 Å². The first-order chi connectivity index (χ1) is 14.6. The lowest BCUT2D eigenvalue weighted by Crippen LogP contribution is -2.10. The van der Waals surface area contributed by atoms with Crippen LogP contribution in [0.25, 0.3) is 11.2 Å². The van der Waals surface area contributed by atoms with Gasteiger partial charge in [0.1, 0.15) is 11.6 Å². The van der Waals surface area contributed by atoms with Gasteiger partial charge in [-0.15, -0.1) is 0 Å². The summed E-state index contributed by atoms with van der Waals surface area (Å²) in [5, 5.41) is 6.61. The Kier molecular flexibility index (Phi) is 5.74. The summed E-state index contributed by atoms with van der Waals surface area (Å²) in [6.45, 7) is 4.92. The number of pyridine rings is 1. The molecule has 1 aromatic carbocycles. The minimum Gasteiger partial charge on any atom is -0.497 e. The molecule has 8 heteroatoms. The summed E-state index contributed by atoms with van der Waals surface area (Å²) in [6.07, 6.45) is 4.39. The summed E-state index contributed by atoms with van der Waals surface area (Å²) in [6, 6.07) is 14.0. The van der Waals surface area contributed by atoms with E-state index in [4.69, 9.17) is 4.74 Å². The molecule has 30 heavy (non-hydrogen) atoms. The van der Waals surface area contributed by atoms with Crippen LogP contribution in [0.5, 0.6) is 5.75 Å². The minimum atomic E-state index is 0.236. The molecule has 2 N–H and O–H groups in total. The van der Waals surface area contributed by atoms with Gasteiger partial charge in [-0.05, 0) is 50.1 Å². The highest BCUT2D eigenvalue weighted by Gasteiger charge is 2.15. The highest BCUT2D eigenvalue weighted by atomic mass is 16.5. The molecule has 0 aliphatic carbocycles. The van der Waals surface area contributed by atoms with E-state index in [0.29, 0.717) is 17.6 Å². The van der Waals surface area contributed by atoms with Gasteiger partial charge < -0.3 is 19.9 Å². The molecule has 154 valence electrons. The summed E-state index contributed by atoms with van der Waals surface area (Å²) in [5.41, 5.74) is 2.75. The van der Waals surface area contributed by atoms with Crippen molar-refractivity contribution in [1.82, 2.24) is 24.5 Å². The third-order valence-corrected chi connectivity index (χ3v) is 4.75. The monoisotopic (exact) mass is 403 g/mol. The maximum atomic E-state index is 5.22. The Hall–Kier alpha value is -3.68. The van der Waals surface area contributed by atoms with Crippen LogP contribution in [0.3, 0.4) is 0 Å². The van der Waals surface area contributed by atoms with Crippen molar-refractivity contribution < 1.29 is 4.74 Å². The van der Waals surface area contributed by atoms with Crippen LogP contribution in [0.4, 0.5) is 17.6 Å². The molecule has 0 saturated carbocycles. The predicted octanol–water partition coefficient (Wildman–Crippen LogP) is 4.21. The van der Waals surface area contributed by atoms with Gasteiger partial charge in [0.25, 0.3) is 0 Å². The Labute approximate surface area is 175 Å². The molecule has 3 aromatic heterocycles. The van der Waals surface area contributed by atoms with E-state index in [9.17, 15) is 0 Å². The normalized spacial score (nSPS) is 11.1. The lowest BCUT2D eigenvalue weighted by atomic mass is 10.1. The van der Waals surface area contributed by atoms with E-state index < -0.39 is 0 Å². The third kappa shape index (κ3) is 4.32. The molecule has 8 nitrogen and oxygen atoms in total. The number of rotatable bonds is 8. The van der Waals surface area contributed by atoms with Gasteiger partial charge in [-0.25, -0.2) is 9.97 Å². The van der Waals surface area contributed by atoms with Crippen LogP contribution in [0, 0.1) is 0 Å². The standard InChI is InChI=1S/C22H25N7O/c1-15(2)29-14-25-19-20(24-13-11-16-7-9-17(30-3)10-8-16)27-22(28-21(19)29)26-18-6-4-5-12-23-18/h4-10,12,14-15H,11,13H2,1-3H3,(H2,23,24,26,27,28). The quantitative estimate of drug-likeness (QED) is 0.455. The third-order valence-electron chi connectivity index (χ3n) is 4.75.